The number of ether oxygens (including phenoxy) is 1. The van der Waals surface area contributed by atoms with Gasteiger partial charge in [-0.2, -0.15) is 0 Å². The van der Waals surface area contributed by atoms with Gasteiger partial charge < -0.3 is 10.1 Å². The third-order valence-corrected chi connectivity index (χ3v) is 3.09. The molecule has 1 N–H and O–H groups in total. The lowest BCUT2D eigenvalue weighted by Gasteiger charge is -2.23. The van der Waals surface area contributed by atoms with E-state index in [4.69, 9.17) is 0 Å². The Labute approximate surface area is 111 Å². The van der Waals surface area contributed by atoms with Crippen LogP contribution < -0.4 is 10.1 Å². The summed E-state index contributed by atoms with van der Waals surface area (Å²) in [5.74, 6) is 0.0839. The van der Waals surface area contributed by atoms with Crippen molar-refractivity contribution in [2.45, 2.75) is 39.5 Å². The summed E-state index contributed by atoms with van der Waals surface area (Å²) < 4.78 is 40.6. The van der Waals surface area contributed by atoms with Crippen LogP contribution in [0.3, 0.4) is 0 Å². The molecule has 2 rings (SSSR count). The van der Waals surface area contributed by atoms with Crippen LogP contribution in [-0.4, -0.2) is 12.9 Å². The van der Waals surface area contributed by atoms with Crippen molar-refractivity contribution in [3.8, 4) is 5.75 Å². The second-order valence-electron chi connectivity index (χ2n) is 6.14. The summed E-state index contributed by atoms with van der Waals surface area (Å²) >= 11 is 0. The lowest BCUT2D eigenvalue weighted by Crippen LogP contribution is -2.17. The highest BCUT2D eigenvalue weighted by molar-refractivity contribution is 5.60. The Balaban J connectivity index is 2.21. The van der Waals surface area contributed by atoms with E-state index in [0.717, 1.165) is 24.2 Å². The lowest BCUT2D eigenvalue weighted by molar-refractivity contribution is -0.274. The number of halogens is 3. The van der Waals surface area contributed by atoms with Crippen LogP contribution in [0.4, 0.5) is 18.9 Å². The molecule has 0 amide bonds. The molecule has 1 aliphatic heterocycles. The van der Waals surface area contributed by atoms with Gasteiger partial charge in [-0.1, -0.05) is 20.8 Å². The molecule has 106 valence electrons. The highest BCUT2D eigenvalue weighted by Crippen LogP contribution is 2.41. The van der Waals surface area contributed by atoms with Gasteiger partial charge in [0, 0.05) is 18.2 Å². The first kappa shape index (κ1) is 14.0. The topological polar surface area (TPSA) is 21.3 Å². The smallest absolute Gasteiger partial charge is 0.406 e. The maximum Gasteiger partial charge on any atom is 0.573 e. The van der Waals surface area contributed by atoms with Crippen LogP contribution in [0, 0.1) is 5.41 Å². The SMILES string of the molecule is CC(C)(C)CC1CNc2ccc(OC(F)(F)F)cc21. The predicted molar refractivity (Wildman–Crippen MR) is 68.4 cm³/mol. The second kappa shape index (κ2) is 4.62. The van der Waals surface area contributed by atoms with Crippen LogP contribution in [-0.2, 0) is 0 Å². The summed E-state index contributed by atoms with van der Waals surface area (Å²) in [6, 6.07) is 4.50. The number of rotatable bonds is 2. The number of alkyl halides is 3. The molecule has 0 aliphatic carbocycles. The molecule has 1 aliphatic rings. The van der Waals surface area contributed by atoms with E-state index in [9.17, 15) is 13.2 Å². The van der Waals surface area contributed by atoms with E-state index in [2.05, 4.69) is 30.8 Å². The van der Waals surface area contributed by atoms with Crippen LogP contribution in [0.15, 0.2) is 18.2 Å². The van der Waals surface area contributed by atoms with Crippen molar-refractivity contribution in [1.29, 1.82) is 0 Å². The number of anilines is 1. The second-order valence-corrected chi connectivity index (χ2v) is 6.14. The highest BCUT2D eigenvalue weighted by atomic mass is 19.4. The van der Waals surface area contributed by atoms with E-state index in [1.165, 1.54) is 12.1 Å². The minimum Gasteiger partial charge on any atom is -0.406 e. The molecule has 0 saturated heterocycles. The number of nitrogens with one attached hydrogen (secondary N) is 1. The molecule has 0 saturated carbocycles. The first-order valence-electron chi connectivity index (χ1n) is 6.28. The van der Waals surface area contributed by atoms with Crippen LogP contribution in [0.2, 0.25) is 0 Å². The van der Waals surface area contributed by atoms with Gasteiger partial charge in [-0.25, -0.2) is 0 Å². The molecule has 5 heteroatoms. The molecule has 1 aromatic rings. The van der Waals surface area contributed by atoms with Gasteiger partial charge in [-0.3, -0.25) is 0 Å². The zero-order valence-corrected chi connectivity index (χ0v) is 11.3. The van der Waals surface area contributed by atoms with Crippen molar-refractivity contribution in [2.75, 3.05) is 11.9 Å². The number of hydrogen-bond donors (Lipinski definition) is 1. The molecule has 0 fully saturated rings. The molecular formula is C14H18F3NO. The molecule has 1 heterocycles. The predicted octanol–water partition coefficient (Wildman–Crippen LogP) is 4.53. The highest BCUT2D eigenvalue weighted by Gasteiger charge is 2.32. The molecule has 1 aromatic carbocycles. The minimum absolute atomic E-state index is 0.134. The van der Waals surface area contributed by atoms with E-state index in [1.807, 2.05) is 0 Å². The molecule has 0 radical (unpaired) electrons. The minimum atomic E-state index is -4.64. The Morgan fingerprint density at radius 3 is 2.53 bits per heavy atom. The van der Waals surface area contributed by atoms with Gasteiger partial charge in [-0.05, 0) is 35.6 Å². The summed E-state index contributed by atoms with van der Waals surface area (Å²) in [6.45, 7) is 7.14. The quantitative estimate of drug-likeness (QED) is 0.854. The molecule has 0 spiro atoms. The third-order valence-electron chi connectivity index (χ3n) is 3.09. The van der Waals surface area contributed by atoms with Crippen molar-refractivity contribution in [3.63, 3.8) is 0 Å². The van der Waals surface area contributed by atoms with Gasteiger partial charge in [0.1, 0.15) is 5.75 Å². The first-order valence-corrected chi connectivity index (χ1v) is 6.28. The monoisotopic (exact) mass is 273 g/mol. The van der Waals surface area contributed by atoms with Gasteiger partial charge in [0.2, 0.25) is 0 Å². The molecule has 0 aromatic heterocycles. The van der Waals surface area contributed by atoms with Crippen LogP contribution in [0.25, 0.3) is 0 Å². The van der Waals surface area contributed by atoms with Crippen LogP contribution in [0.1, 0.15) is 38.7 Å². The zero-order valence-electron chi connectivity index (χ0n) is 11.3. The van der Waals surface area contributed by atoms with Crippen LogP contribution >= 0.6 is 0 Å². The van der Waals surface area contributed by atoms with Crippen molar-refractivity contribution < 1.29 is 17.9 Å². The standard InChI is InChI=1S/C14H18F3NO/c1-13(2,3)7-9-8-18-12-5-4-10(6-11(9)12)19-14(15,16)17/h4-6,9,18H,7-8H2,1-3H3. The largest absolute Gasteiger partial charge is 0.573 e. The Morgan fingerprint density at radius 1 is 1.26 bits per heavy atom. The van der Waals surface area contributed by atoms with E-state index >= 15 is 0 Å². The van der Waals surface area contributed by atoms with Crippen molar-refractivity contribution in [2.24, 2.45) is 5.41 Å². The Bertz CT molecular complexity index is 463. The van der Waals surface area contributed by atoms with Crippen molar-refractivity contribution in [3.05, 3.63) is 23.8 Å². The van der Waals surface area contributed by atoms with Crippen LogP contribution in [0.5, 0.6) is 5.75 Å². The fourth-order valence-corrected chi connectivity index (χ4v) is 2.50. The maximum atomic E-state index is 12.2. The Hall–Kier alpha value is -1.39. The number of fused-ring (bicyclic) bond motifs is 1. The number of benzene rings is 1. The maximum absolute atomic E-state index is 12.2. The van der Waals surface area contributed by atoms with E-state index in [-0.39, 0.29) is 17.1 Å². The molecule has 19 heavy (non-hydrogen) atoms. The van der Waals surface area contributed by atoms with Gasteiger partial charge in [0.05, 0.1) is 0 Å². The molecule has 0 bridgehead atoms. The fraction of sp³-hybridized carbons (Fsp3) is 0.571. The Kier molecular flexibility index (Phi) is 3.41. The molecule has 1 atom stereocenters. The van der Waals surface area contributed by atoms with Gasteiger partial charge in [-0.15, -0.1) is 13.2 Å². The molecule has 1 unspecified atom stereocenters. The zero-order chi connectivity index (χ0) is 14.3. The Morgan fingerprint density at radius 2 is 1.95 bits per heavy atom. The molecular weight excluding hydrogens is 255 g/mol. The summed E-state index contributed by atoms with van der Waals surface area (Å²) in [5, 5.41) is 3.23. The fourth-order valence-electron chi connectivity index (χ4n) is 2.50. The first-order chi connectivity index (χ1) is 8.64. The average Bonchev–Trinajstić information content (AvgIpc) is 2.56. The van der Waals surface area contributed by atoms with Crippen molar-refractivity contribution in [1.82, 2.24) is 0 Å². The lowest BCUT2D eigenvalue weighted by atomic mass is 9.82. The average molecular weight is 273 g/mol. The van der Waals surface area contributed by atoms with Gasteiger partial charge >= 0.3 is 6.36 Å². The number of hydrogen-bond acceptors (Lipinski definition) is 2. The van der Waals surface area contributed by atoms with Crippen molar-refractivity contribution >= 4 is 5.69 Å². The normalized spacial score (nSPS) is 18.9. The summed E-state index contributed by atoms with van der Waals surface area (Å²) in [5.41, 5.74) is 1.95. The van der Waals surface area contributed by atoms with Gasteiger partial charge in [0.25, 0.3) is 0 Å². The third kappa shape index (κ3) is 3.78. The van der Waals surface area contributed by atoms with E-state index in [0.29, 0.717) is 0 Å². The van der Waals surface area contributed by atoms with E-state index in [1.54, 1.807) is 6.07 Å². The van der Waals surface area contributed by atoms with E-state index < -0.39 is 6.36 Å². The van der Waals surface area contributed by atoms with Gasteiger partial charge in [0.15, 0.2) is 0 Å². The summed E-state index contributed by atoms with van der Waals surface area (Å²) in [6.07, 6.45) is -3.72. The summed E-state index contributed by atoms with van der Waals surface area (Å²) in [4.78, 5) is 0. The molecule has 2 nitrogen and oxygen atoms in total. The summed E-state index contributed by atoms with van der Waals surface area (Å²) in [7, 11) is 0.